The van der Waals surface area contributed by atoms with Gasteiger partial charge in [0.25, 0.3) is 0 Å². The molecule has 0 saturated carbocycles. The molecule has 2 aliphatic heterocycles. The Balaban J connectivity index is 1.16. The summed E-state index contributed by atoms with van der Waals surface area (Å²) in [6.45, 7) is 4.52. The molecular weight excluding hydrogens is 553 g/mol. The highest BCUT2D eigenvalue weighted by atomic mass is 19.1. The van der Waals surface area contributed by atoms with Gasteiger partial charge >= 0.3 is 5.97 Å². The molecular formula is C32H32FN5O5. The van der Waals surface area contributed by atoms with Crippen molar-refractivity contribution in [2.24, 2.45) is 0 Å². The quantitative estimate of drug-likeness (QED) is 0.290. The Morgan fingerprint density at radius 2 is 2.00 bits per heavy atom. The molecule has 0 aliphatic carbocycles. The molecule has 222 valence electrons. The fourth-order valence-electron chi connectivity index (χ4n) is 5.76. The predicted molar refractivity (Wildman–Crippen MR) is 154 cm³/mol. The number of nitrogens with zero attached hydrogens (tertiary/aromatic N) is 5. The fourth-order valence-corrected chi connectivity index (χ4v) is 5.76. The second kappa shape index (κ2) is 11.7. The average Bonchev–Trinajstić information content (AvgIpc) is 3.36. The maximum atomic E-state index is 14.3. The van der Waals surface area contributed by atoms with Crippen LogP contribution in [0.4, 0.5) is 4.39 Å². The molecule has 0 amide bonds. The van der Waals surface area contributed by atoms with Crippen molar-refractivity contribution >= 4 is 17.0 Å². The van der Waals surface area contributed by atoms with Gasteiger partial charge in [0.05, 0.1) is 52.6 Å². The van der Waals surface area contributed by atoms with E-state index in [-0.39, 0.29) is 35.8 Å². The first kappa shape index (κ1) is 28.7. The second-order valence-electron chi connectivity index (χ2n) is 11.2. The Bertz CT molecular complexity index is 1700. The van der Waals surface area contributed by atoms with Gasteiger partial charge in [0.1, 0.15) is 23.8 Å². The number of benzene rings is 2. The van der Waals surface area contributed by atoms with Crippen molar-refractivity contribution in [2.45, 2.75) is 57.1 Å². The minimum Gasteiger partial charge on any atom is -0.478 e. The Kier molecular flexibility index (Phi) is 7.83. The highest BCUT2D eigenvalue weighted by Crippen LogP contribution is 2.36. The van der Waals surface area contributed by atoms with Crippen molar-refractivity contribution in [3.63, 3.8) is 0 Å². The number of hydrogen-bond donors (Lipinski definition) is 2. The van der Waals surface area contributed by atoms with Crippen molar-refractivity contribution in [1.29, 1.82) is 5.26 Å². The third-order valence-corrected chi connectivity index (χ3v) is 8.51. The molecule has 4 heterocycles. The molecule has 2 atom stereocenters. The molecule has 0 unspecified atom stereocenters. The molecule has 2 aromatic carbocycles. The van der Waals surface area contributed by atoms with Gasteiger partial charge in [0.15, 0.2) is 0 Å². The average molecular weight is 586 g/mol. The van der Waals surface area contributed by atoms with Crippen LogP contribution in [0.25, 0.3) is 11.0 Å². The number of fused-ring (bicyclic) bond motifs is 1. The standard InChI is InChI=1S/C32H32FN5O5/c1-20(30-35-26-8-7-22(31(39)40)16-27(26)38(30)18-24-9-14-42-24)37-12-10-32(41,11-13-37)28-3-2-4-29(36-28)43-19-23-6-5-21(17-34)15-25(23)33/h2-8,15-16,20,24,41H,9-14,18-19H2,1H3,(H,39,40)/t20-,24-/m0/s1. The van der Waals surface area contributed by atoms with Crippen LogP contribution in [0, 0.1) is 17.1 Å². The molecule has 2 N–H and O–H groups in total. The van der Waals surface area contributed by atoms with Crippen molar-refractivity contribution in [3.05, 3.63) is 88.6 Å². The molecule has 2 fully saturated rings. The summed E-state index contributed by atoms with van der Waals surface area (Å²) in [4.78, 5) is 23.4. The van der Waals surface area contributed by atoms with Crippen LogP contribution in [0.2, 0.25) is 0 Å². The molecule has 2 aromatic heterocycles. The van der Waals surface area contributed by atoms with Crippen molar-refractivity contribution < 1.29 is 28.9 Å². The molecule has 43 heavy (non-hydrogen) atoms. The van der Waals surface area contributed by atoms with Crippen LogP contribution in [0.5, 0.6) is 5.88 Å². The lowest BCUT2D eigenvalue weighted by atomic mass is 9.87. The highest BCUT2D eigenvalue weighted by Gasteiger charge is 2.38. The van der Waals surface area contributed by atoms with Gasteiger partial charge in [-0.2, -0.15) is 5.26 Å². The minimum absolute atomic E-state index is 0.0570. The smallest absolute Gasteiger partial charge is 0.335 e. The van der Waals surface area contributed by atoms with Gasteiger partial charge in [-0.05, 0) is 62.6 Å². The number of nitriles is 1. The summed E-state index contributed by atoms with van der Waals surface area (Å²) in [5.41, 5.74) is 1.60. The third-order valence-electron chi connectivity index (χ3n) is 8.51. The van der Waals surface area contributed by atoms with Crippen LogP contribution in [-0.2, 0) is 23.5 Å². The summed E-state index contributed by atoms with van der Waals surface area (Å²) in [7, 11) is 0. The van der Waals surface area contributed by atoms with Crippen LogP contribution >= 0.6 is 0 Å². The number of carbonyl (C=O) groups is 1. The van der Waals surface area contributed by atoms with Crippen LogP contribution in [0.15, 0.2) is 54.6 Å². The van der Waals surface area contributed by atoms with Gasteiger partial charge in [0, 0.05) is 31.3 Å². The zero-order chi connectivity index (χ0) is 30.1. The largest absolute Gasteiger partial charge is 0.478 e. The topological polar surface area (TPSA) is 134 Å². The number of rotatable bonds is 9. The lowest BCUT2D eigenvalue weighted by Crippen LogP contribution is -2.44. The Hall–Kier alpha value is -4.37. The first-order chi connectivity index (χ1) is 20.7. The molecule has 10 nitrogen and oxygen atoms in total. The summed E-state index contributed by atoms with van der Waals surface area (Å²) in [6.07, 6.45) is 1.89. The van der Waals surface area contributed by atoms with E-state index < -0.39 is 17.4 Å². The number of hydrogen-bond acceptors (Lipinski definition) is 8. The Labute approximate surface area is 247 Å². The Morgan fingerprint density at radius 3 is 2.67 bits per heavy atom. The van der Waals surface area contributed by atoms with E-state index in [9.17, 15) is 19.4 Å². The first-order valence-corrected chi connectivity index (χ1v) is 14.3. The second-order valence-corrected chi connectivity index (χ2v) is 11.2. The van der Waals surface area contributed by atoms with Gasteiger partial charge in [-0.1, -0.05) is 12.1 Å². The number of aromatic nitrogens is 3. The van der Waals surface area contributed by atoms with E-state index in [1.165, 1.54) is 18.2 Å². The lowest BCUT2D eigenvalue weighted by molar-refractivity contribution is -0.0602. The van der Waals surface area contributed by atoms with Crippen LogP contribution < -0.4 is 4.74 Å². The number of aromatic carboxylic acids is 1. The number of likely N-dealkylation sites (tertiary alicyclic amines) is 1. The van der Waals surface area contributed by atoms with Crippen LogP contribution in [0.3, 0.4) is 0 Å². The van der Waals surface area contributed by atoms with E-state index in [1.807, 2.05) is 6.07 Å². The normalized spacial score (nSPS) is 19.0. The fraction of sp³-hybridized carbons (Fsp3) is 0.375. The molecule has 0 radical (unpaired) electrons. The molecule has 4 aromatic rings. The van der Waals surface area contributed by atoms with E-state index in [2.05, 4.69) is 21.4 Å². The Morgan fingerprint density at radius 1 is 1.21 bits per heavy atom. The number of pyridine rings is 1. The van der Waals surface area contributed by atoms with Gasteiger partial charge < -0.3 is 24.3 Å². The zero-order valence-electron chi connectivity index (χ0n) is 23.7. The molecule has 2 aliphatic rings. The molecule has 0 bridgehead atoms. The maximum absolute atomic E-state index is 14.3. The van der Waals surface area contributed by atoms with E-state index in [1.54, 1.807) is 36.4 Å². The predicted octanol–water partition coefficient (Wildman–Crippen LogP) is 4.55. The van der Waals surface area contributed by atoms with Gasteiger partial charge in [-0.15, -0.1) is 0 Å². The number of aliphatic hydroxyl groups is 1. The van der Waals surface area contributed by atoms with Crippen molar-refractivity contribution in [2.75, 3.05) is 19.7 Å². The minimum atomic E-state index is -1.16. The summed E-state index contributed by atoms with van der Waals surface area (Å²) < 4.78 is 27.8. The molecule has 11 heteroatoms. The summed E-state index contributed by atoms with van der Waals surface area (Å²) in [6, 6.07) is 16.2. The monoisotopic (exact) mass is 585 g/mol. The number of ether oxygens (including phenoxy) is 2. The van der Waals surface area contributed by atoms with Crippen molar-refractivity contribution in [3.8, 4) is 11.9 Å². The maximum Gasteiger partial charge on any atom is 0.335 e. The van der Waals surface area contributed by atoms with E-state index in [4.69, 9.17) is 19.7 Å². The third kappa shape index (κ3) is 5.82. The number of imidazole rings is 1. The summed E-state index contributed by atoms with van der Waals surface area (Å²) >= 11 is 0. The van der Waals surface area contributed by atoms with Crippen LogP contribution in [0.1, 0.15) is 65.2 Å². The first-order valence-electron chi connectivity index (χ1n) is 14.3. The van der Waals surface area contributed by atoms with Gasteiger partial charge in [0.2, 0.25) is 5.88 Å². The lowest BCUT2D eigenvalue weighted by Gasteiger charge is -2.40. The van der Waals surface area contributed by atoms with Crippen LogP contribution in [-0.4, -0.2) is 61.4 Å². The number of carboxylic acid groups (broad SMARTS) is 1. The SMILES string of the molecule is C[C@@H](c1nc2ccc(C(=O)O)cc2n1C[C@@H]1CCO1)N1CCC(O)(c2cccc(OCc3ccc(C#N)cc3F)n2)CC1. The summed E-state index contributed by atoms with van der Waals surface area (Å²) in [5.74, 6) is -0.393. The van der Waals surface area contributed by atoms with Gasteiger partial charge in [-0.25, -0.2) is 19.2 Å². The molecule has 0 spiro atoms. The van der Waals surface area contributed by atoms with Gasteiger partial charge in [-0.3, -0.25) is 4.90 Å². The number of carboxylic acids is 1. The molecule has 2 saturated heterocycles. The number of piperidine rings is 1. The van der Waals surface area contributed by atoms with E-state index in [0.29, 0.717) is 43.7 Å². The molecule has 6 rings (SSSR count). The number of halogens is 1. The zero-order valence-corrected chi connectivity index (χ0v) is 23.7. The van der Waals surface area contributed by atoms with E-state index in [0.717, 1.165) is 29.9 Å². The van der Waals surface area contributed by atoms with Crippen molar-refractivity contribution in [1.82, 2.24) is 19.4 Å². The van der Waals surface area contributed by atoms with E-state index >= 15 is 0 Å². The highest BCUT2D eigenvalue weighted by molar-refractivity contribution is 5.92. The summed E-state index contributed by atoms with van der Waals surface area (Å²) in [5, 5.41) is 30.1.